The summed E-state index contributed by atoms with van der Waals surface area (Å²) in [5.41, 5.74) is 3.33. The van der Waals surface area contributed by atoms with E-state index in [1.807, 2.05) is 22.8 Å². The Balaban J connectivity index is 2.37. The van der Waals surface area contributed by atoms with Crippen molar-refractivity contribution in [3.8, 4) is 17.2 Å². The van der Waals surface area contributed by atoms with Crippen molar-refractivity contribution in [3.63, 3.8) is 0 Å². The van der Waals surface area contributed by atoms with E-state index in [-0.39, 0.29) is 5.56 Å². The highest BCUT2D eigenvalue weighted by atomic mass is 16.5. The van der Waals surface area contributed by atoms with E-state index in [0.717, 1.165) is 68.0 Å². The lowest BCUT2D eigenvalue weighted by atomic mass is 10.1. The van der Waals surface area contributed by atoms with Gasteiger partial charge in [-0.15, -0.1) is 0 Å². The van der Waals surface area contributed by atoms with E-state index < -0.39 is 0 Å². The van der Waals surface area contributed by atoms with Crippen molar-refractivity contribution in [2.75, 3.05) is 20.3 Å². The third-order valence-corrected chi connectivity index (χ3v) is 7.12. The fourth-order valence-electron chi connectivity index (χ4n) is 4.71. The largest absolute Gasteiger partial charge is 0.497 e. The Bertz CT molecular complexity index is 1110. The highest BCUT2D eigenvalue weighted by molar-refractivity contribution is 5.89. The SMILES string of the molecule is CCCCCCCCOc1c(OC/C=C(\C)CCC=C(C)C)c2ccc(OC)cc2n(CCCCCC)c1=O. The van der Waals surface area contributed by atoms with Gasteiger partial charge in [-0.1, -0.05) is 82.4 Å². The van der Waals surface area contributed by atoms with Crippen LogP contribution in [0.2, 0.25) is 0 Å². The summed E-state index contributed by atoms with van der Waals surface area (Å²) in [5.74, 6) is 1.61. The zero-order chi connectivity index (χ0) is 28.5. The number of aromatic nitrogens is 1. The molecule has 0 radical (unpaired) electrons. The first kappa shape index (κ1) is 32.5. The Morgan fingerprint density at radius 2 is 1.54 bits per heavy atom. The molecule has 0 aliphatic rings. The topological polar surface area (TPSA) is 49.7 Å². The monoisotopic (exact) mass is 539 g/mol. The maximum atomic E-state index is 13.9. The maximum absolute atomic E-state index is 13.9. The van der Waals surface area contributed by atoms with Crippen molar-refractivity contribution >= 4 is 10.9 Å². The Labute approximate surface area is 237 Å². The minimum atomic E-state index is -0.113. The summed E-state index contributed by atoms with van der Waals surface area (Å²) in [7, 11) is 1.66. The maximum Gasteiger partial charge on any atom is 0.297 e. The van der Waals surface area contributed by atoms with E-state index in [4.69, 9.17) is 14.2 Å². The van der Waals surface area contributed by atoms with Crippen LogP contribution in [-0.4, -0.2) is 24.9 Å². The number of nitrogens with zero attached hydrogens (tertiary/aromatic N) is 1. The number of benzene rings is 1. The minimum Gasteiger partial charge on any atom is -0.497 e. The third kappa shape index (κ3) is 11.1. The van der Waals surface area contributed by atoms with Gasteiger partial charge in [-0.05, 0) is 64.7 Å². The van der Waals surface area contributed by atoms with Crippen LogP contribution < -0.4 is 19.8 Å². The molecule has 2 aromatic rings. The molecule has 0 aliphatic carbocycles. The molecule has 0 spiro atoms. The summed E-state index contributed by atoms with van der Waals surface area (Å²) in [4.78, 5) is 13.9. The molecule has 0 N–H and O–H groups in total. The first-order chi connectivity index (χ1) is 18.9. The van der Waals surface area contributed by atoms with Gasteiger partial charge in [0.25, 0.3) is 5.56 Å². The van der Waals surface area contributed by atoms with E-state index in [1.54, 1.807) is 7.11 Å². The Morgan fingerprint density at radius 1 is 0.846 bits per heavy atom. The van der Waals surface area contributed by atoms with E-state index >= 15 is 0 Å². The molecule has 1 heterocycles. The molecule has 0 amide bonds. The average molecular weight is 540 g/mol. The molecule has 0 saturated carbocycles. The summed E-state index contributed by atoms with van der Waals surface area (Å²) in [5, 5.41) is 0.888. The van der Waals surface area contributed by atoms with Gasteiger partial charge in [-0.25, -0.2) is 0 Å². The van der Waals surface area contributed by atoms with Crippen molar-refractivity contribution < 1.29 is 14.2 Å². The van der Waals surface area contributed by atoms with Crippen molar-refractivity contribution in [2.45, 2.75) is 118 Å². The fourth-order valence-corrected chi connectivity index (χ4v) is 4.71. The molecular weight excluding hydrogens is 486 g/mol. The predicted octanol–water partition coefficient (Wildman–Crippen LogP) is 9.40. The van der Waals surface area contributed by atoms with Gasteiger partial charge in [0.05, 0.1) is 19.2 Å². The Kier molecular flexibility index (Phi) is 15.5. The van der Waals surface area contributed by atoms with Crippen LogP contribution in [0.25, 0.3) is 10.9 Å². The molecule has 0 unspecified atom stereocenters. The van der Waals surface area contributed by atoms with Gasteiger partial charge >= 0.3 is 0 Å². The first-order valence-electron chi connectivity index (χ1n) is 15.2. The van der Waals surface area contributed by atoms with Crippen LogP contribution in [0.5, 0.6) is 17.2 Å². The average Bonchev–Trinajstić information content (AvgIpc) is 2.92. The van der Waals surface area contributed by atoms with Crippen molar-refractivity contribution in [3.05, 3.63) is 51.9 Å². The number of hydrogen-bond acceptors (Lipinski definition) is 4. The predicted molar refractivity (Wildman–Crippen MR) is 166 cm³/mol. The van der Waals surface area contributed by atoms with Gasteiger partial charge in [-0.3, -0.25) is 4.79 Å². The van der Waals surface area contributed by atoms with Gasteiger partial charge < -0.3 is 18.8 Å². The number of aryl methyl sites for hydroxylation is 1. The number of allylic oxidation sites excluding steroid dienone is 3. The van der Waals surface area contributed by atoms with E-state index in [0.29, 0.717) is 31.3 Å². The van der Waals surface area contributed by atoms with Crippen LogP contribution in [-0.2, 0) is 6.54 Å². The zero-order valence-corrected chi connectivity index (χ0v) is 25.6. The molecular formula is C34H53NO4. The number of unbranched alkanes of at least 4 members (excludes halogenated alkanes) is 8. The van der Waals surface area contributed by atoms with E-state index in [9.17, 15) is 4.79 Å². The second-order valence-electron chi connectivity index (χ2n) is 10.9. The third-order valence-electron chi connectivity index (χ3n) is 7.12. The lowest BCUT2D eigenvalue weighted by Gasteiger charge is -2.19. The molecule has 5 nitrogen and oxygen atoms in total. The van der Waals surface area contributed by atoms with Crippen molar-refractivity contribution in [1.29, 1.82) is 0 Å². The molecule has 218 valence electrons. The number of ether oxygens (including phenoxy) is 3. The lowest BCUT2D eigenvalue weighted by Crippen LogP contribution is -2.24. The summed E-state index contributed by atoms with van der Waals surface area (Å²) >= 11 is 0. The van der Waals surface area contributed by atoms with Crippen LogP contribution in [0.4, 0.5) is 0 Å². The number of rotatable bonds is 20. The Hall–Kier alpha value is -2.69. The number of hydrogen-bond donors (Lipinski definition) is 0. The van der Waals surface area contributed by atoms with Crippen molar-refractivity contribution in [2.24, 2.45) is 0 Å². The molecule has 2 rings (SSSR count). The van der Waals surface area contributed by atoms with Crippen LogP contribution in [0.15, 0.2) is 46.3 Å². The fraction of sp³-hybridized carbons (Fsp3) is 0.618. The Morgan fingerprint density at radius 3 is 2.23 bits per heavy atom. The standard InChI is InChI=1S/C34H53NO4/c1-7-9-11-13-14-16-24-38-33-32(39-25-22-28(5)19-17-18-27(3)4)30-21-20-29(37-6)26-31(30)35(34(33)36)23-15-12-10-8-2/h18,20-22,26H,7-17,19,23-25H2,1-6H3/b28-22+. The van der Waals surface area contributed by atoms with Crippen LogP contribution in [0, 0.1) is 0 Å². The zero-order valence-electron chi connectivity index (χ0n) is 25.6. The molecule has 0 atom stereocenters. The second-order valence-corrected chi connectivity index (χ2v) is 10.9. The van der Waals surface area contributed by atoms with Crippen LogP contribution in [0.3, 0.4) is 0 Å². The molecule has 0 bridgehead atoms. The number of pyridine rings is 1. The van der Waals surface area contributed by atoms with Gasteiger partial charge in [0.15, 0.2) is 5.75 Å². The van der Waals surface area contributed by atoms with Gasteiger partial charge in [0, 0.05) is 18.0 Å². The molecule has 1 aromatic carbocycles. The van der Waals surface area contributed by atoms with E-state index in [2.05, 4.69) is 46.8 Å². The molecule has 39 heavy (non-hydrogen) atoms. The summed E-state index contributed by atoms with van der Waals surface area (Å²) < 4.78 is 20.0. The van der Waals surface area contributed by atoms with Crippen LogP contribution in [0.1, 0.15) is 112 Å². The minimum absolute atomic E-state index is 0.113. The highest BCUT2D eigenvalue weighted by Crippen LogP contribution is 2.35. The lowest BCUT2D eigenvalue weighted by molar-refractivity contribution is 0.271. The van der Waals surface area contributed by atoms with E-state index in [1.165, 1.54) is 36.8 Å². The summed E-state index contributed by atoms with van der Waals surface area (Å²) in [6.07, 6.45) is 17.8. The van der Waals surface area contributed by atoms with Crippen LogP contribution >= 0.6 is 0 Å². The highest BCUT2D eigenvalue weighted by Gasteiger charge is 2.20. The summed E-state index contributed by atoms with van der Waals surface area (Å²) in [6.45, 7) is 12.4. The quantitative estimate of drug-likeness (QED) is 0.124. The van der Waals surface area contributed by atoms with Crippen molar-refractivity contribution in [1.82, 2.24) is 4.57 Å². The van der Waals surface area contributed by atoms with Gasteiger partial charge in [-0.2, -0.15) is 0 Å². The molecule has 0 aliphatic heterocycles. The smallest absolute Gasteiger partial charge is 0.297 e. The molecule has 5 heteroatoms. The normalized spacial score (nSPS) is 11.6. The molecule has 1 aromatic heterocycles. The molecule has 0 fully saturated rings. The second kappa shape index (κ2) is 18.6. The van der Waals surface area contributed by atoms with Gasteiger partial charge in [0.1, 0.15) is 12.4 Å². The first-order valence-corrected chi connectivity index (χ1v) is 15.2. The number of fused-ring (bicyclic) bond motifs is 1. The number of methoxy groups -OCH3 is 1. The van der Waals surface area contributed by atoms with Gasteiger partial charge in [0.2, 0.25) is 5.75 Å². The molecule has 0 saturated heterocycles. The summed E-state index contributed by atoms with van der Waals surface area (Å²) in [6, 6.07) is 5.87.